The van der Waals surface area contributed by atoms with Gasteiger partial charge in [0.25, 0.3) is 0 Å². The molecule has 0 saturated heterocycles. The summed E-state index contributed by atoms with van der Waals surface area (Å²) in [7, 11) is 0. The van der Waals surface area contributed by atoms with Crippen LogP contribution in [0.2, 0.25) is 0 Å². The highest BCUT2D eigenvalue weighted by molar-refractivity contribution is 6.21. The van der Waals surface area contributed by atoms with E-state index in [4.69, 9.17) is 4.99 Å². The zero-order chi connectivity index (χ0) is 21.0. The van der Waals surface area contributed by atoms with Gasteiger partial charge in [-0.25, -0.2) is 0 Å². The third-order valence-corrected chi connectivity index (χ3v) is 7.15. The summed E-state index contributed by atoms with van der Waals surface area (Å²) >= 11 is 0. The molecule has 4 aliphatic rings. The normalized spacial score (nSPS) is 28.8. The van der Waals surface area contributed by atoms with E-state index in [0.29, 0.717) is 5.92 Å². The number of hydrogen-bond acceptors (Lipinski definition) is 4. The van der Waals surface area contributed by atoms with Crippen molar-refractivity contribution in [1.82, 2.24) is 4.90 Å². The Labute approximate surface area is 181 Å². The lowest BCUT2D eigenvalue weighted by atomic mass is 9.66. The van der Waals surface area contributed by atoms with Crippen molar-refractivity contribution in [3.05, 3.63) is 95.7 Å². The van der Waals surface area contributed by atoms with E-state index in [-0.39, 0.29) is 23.1 Å². The minimum absolute atomic E-state index is 0.0198. The molecule has 0 radical (unpaired) electrons. The maximum atomic E-state index is 12.3. The van der Waals surface area contributed by atoms with Crippen molar-refractivity contribution >= 4 is 17.2 Å². The molecule has 2 aromatic carbocycles. The number of benzene rings is 2. The summed E-state index contributed by atoms with van der Waals surface area (Å²) in [6, 6.07) is 18.0. The first kappa shape index (κ1) is 18.4. The van der Waals surface area contributed by atoms with Gasteiger partial charge in [0, 0.05) is 23.6 Å². The van der Waals surface area contributed by atoms with E-state index in [1.165, 1.54) is 12.0 Å². The van der Waals surface area contributed by atoms with Crippen LogP contribution in [0, 0.1) is 5.92 Å². The highest BCUT2D eigenvalue weighted by Crippen LogP contribution is 2.57. The van der Waals surface area contributed by atoms with Gasteiger partial charge in [-0.1, -0.05) is 55.0 Å². The van der Waals surface area contributed by atoms with Crippen LogP contribution in [0.4, 0.5) is 0 Å². The molecule has 0 amide bonds. The number of rotatable bonds is 2. The minimum atomic E-state index is -0.378. The van der Waals surface area contributed by atoms with Crippen molar-refractivity contribution < 1.29 is 9.90 Å². The van der Waals surface area contributed by atoms with Gasteiger partial charge in [0.1, 0.15) is 11.4 Å². The lowest BCUT2D eigenvalue weighted by Gasteiger charge is -2.53. The molecule has 4 nitrogen and oxygen atoms in total. The number of carbonyl (C=O) groups is 1. The molecule has 31 heavy (non-hydrogen) atoms. The fourth-order valence-corrected chi connectivity index (χ4v) is 5.85. The van der Waals surface area contributed by atoms with Crippen LogP contribution in [0.1, 0.15) is 42.7 Å². The van der Waals surface area contributed by atoms with Crippen LogP contribution in [0.3, 0.4) is 0 Å². The average molecular weight is 409 g/mol. The smallest absolute Gasteiger partial charge is 0.180 e. The van der Waals surface area contributed by atoms with Gasteiger partial charge < -0.3 is 10.0 Å². The average Bonchev–Trinajstić information content (AvgIpc) is 3.12. The van der Waals surface area contributed by atoms with E-state index in [1.54, 1.807) is 24.3 Å². The molecular formula is C27H24N2O2. The summed E-state index contributed by atoms with van der Waals surface area (Å²) in [4.78, 5) is 20.0. The zero-order valence-corrected chi connectivity index (χ0v) is 17.2. The second-order valence-corrected chi connectivity index (χ2v) is 8.86. The number of phenols is 1. The van der Waals surface area contributed by atoms with Crippen LogP contribution in [-0.2, 0) is 4.79 Å². The number of ketones is 1. The SMILES string of the molecule is O=C1C=CC2=N[C@@]34CCCC[C@H]3[C@H](c3ccc(O)cc3)C=C(c3ccccc3)N4C2=C1. The number of phenolic OH excluding ortho intramolecular Hbond substituents is 1. The molecule has 6 rings (SSSR count). The Kier molecular flexibility index (Phi) is 4.04. The Morgan fingerprint density at radius 2 is 1.77 bits per heavy atom. The summed E-state index contributed by atoms with van der Waals surface area (Å²) in [5, 5.41) is 9.84. The van der Waals surface area contributed by atoms with E-state index in [9.17, 15) is 9.90 Å². The highest BCUT2D eigenvalue weighted by Gasteiger charge is 2.56. The quantitative estimate of drug-likeness (QED) is 0.695. The minimum Gasteiger partial charge on any atom is -0.508 e. The first-order valence-corrected chi connectivity index (χ1v) is 11.1. The highest BCUT2D eigenvalue weighted by atomic mass is 16.3. The Morgan fingerprint density at radius 1 is 0.968 bits per heavy atom. The molecule has 1 saturated carbocycles. The molecule has 1 spiro atoms. The number of fused-ring (bicyclic) bond motifs is 2. The summed E-state index contributed by atoms with van der Waals surface area (Å²) in [6.07, 6.45) is 12.0. The molecule has 154 valence electrons. The molecule has 0 bridgehead atoms. The topological polar surface area (TPSA) is 52.9 Å². The van der Waals surface area contributed by atoms with Crippen molar-refractivity contribution in [3.63, 3.8) is 0 Å². The van der Waals surface area contributed by atoms with Gasteiger partial charge in [0.2, 0.25) is 0 Å². The van der Waals surface area contributed by atoms with Gasteiger partial charge in [0.15, 0.2) is 5.78 Å². The molecular weight excluding hydrogens is 384 g/mol. The number of nitrogens with zero attached hydrogens (tertiary/aromatic N) is 2. The van der Waals surface area contributed by atoms with Gasteiger partial charge in [-0.05, 0) is 54.7 Å². The first-order valence-electron chi connectivity index (χ1n) is 11.1. The molecule has 2 aromatic rings. The molecule has 3 atom stereocenters. The molecule has 2 heterocycles. The summed E-state index contributed by atoms with van der Waals surface area (Å²) in [5.74, 6) is 0.803. The fraction of sp³-hybridized carbons (Fsp3) is 0.259. The lowest BCUT2D eigenvalue weighted by molar-refractivity contribution is -0.110. The second-order valence-electron chi connectivity index (χ2n) is 8.86. The molecule has 1 fully saturated rings. The van der Waals surface area contributed by atoms with Crippen LogP contribution in [0.25, 0.3) is 5.70 Å². The molecule has 0 aromatic heterocycles. The predicted molar refractivity (Wildman–Crippen MR) is 121 cm³/mol. The van der Waals surface area contributed by atoms with Gasteiger partial charge in [0.05, 0.1) is 11.4 Å². The fourth-order valence-electron chi connectivity index (χ4n) is 5.85. The third kappa shape index (κ3) is 2.74. The van der Waals surface area contributed by atoms with Crippen molar-refractivity contribution in [1.29, 1.82) is 0 Å². The van der Waals surface area contributed by atoms with Crippen LogP contribution in [0.15, 0.2) is 89.6 Å². The Bertz CT molecular complexity index is 1170. The van der Waals surface area contributed by atoms with Crippen LogP contribution >= 0.6 is 0 Å². The van der Waals surface area contributed by atoms with Crippen molar-refractivity contribution in [2.24, 2.45) is 10.9 Å². The van der Waals surface area contributed by atoms with Crippen LogP contribution in [0.5, 0.6) is 5.75 Å². The predicted octanol–water partition coefficient (Wildman–Crippen LogP) is 5.20. The van der Waals surface area contributed by atoms with Crippen molar-refractivity contribution in [3.8, 4) is 5.75 Å². The Hall–Kier alpha value is -3.40. The van der Waals surface area contributed by atoms with E-state index >= 15 is 0 Å². The standard InChI is InChI=1S/C27H24N2O2/c30-20-11-9-18(10-12-20)22-17-25(19-6-2-1-3-7-19)29-26-16-21(31)13-14-24(26)28-27(29)15-5-4-8-23(22)27/h1-3,6-7,9-14,16-17,22-23,30H,4-5,8,15H2/t22-,23-,27+/m0/s1. The van der Waals surface area contributed by atoms with Gasteiger partial charge in [-0.3, -0.25) is 9.79 Å². The second kappa shape index (κ2) is 6.81. The Morgan fingerprint density at radius 3 is 2.58 bits per heavy atom. The van der Waals surface area contributed by atoms with Gasteiger partial charge in [-0.2, -0.15) is 0 Å². The molecule has 4 heteroatoms. The summed E-state index contributed by atoms with van der Waals surface area (Å²) < 4.78 is 0. The molecule has 0 unspecified atom stereocenters. The number of aliphatic imine (C=N–C) groups is 1. The zero-order valence-electron chi connectivity index (χ0n) is 17.2. The lowest BCUT2D eigenvalue weighted by Crippen LogP contribution is -2.54. The van der Waals surface area contributed by atoms with E-state index in [0.717, 1.165) is 41.9 Å². The van der Waals surface area contributed by atoms with Crippen molar-refractivity contribution in [2.45, 2.75) is 37.3 Å². The van der Waals surface area contributed by atoms with E-state index < -0.39 is 0 Å². The largest absolute Gasteiger partial charge is 0.508 e. The number of aromatic hydroxyl groups is 1. The van der Waals surface area contributed by atoms with Gasteiger partial charge in [-0.15, -0.1) is 0 Å². The Balaban J connectivity index is 1.60. The molecule has 2 aliphatic heterocycles. The number of allylic oxidation sites excluding steroid dienone is 4. The van der Waals surface area contributed by atoms with Crippen LogP contribution in [-0.4, -0.2) is 27.2 Å². The molecule has 2 aliphatic carbocycles. The van der Waals surface area contributed by atoms with E-state index in [2.05, 4.69) is 35.2 Å². The first-order chi connectivity index (χ1) is 15.2. The summed E-state index contributed by atoms with van der Waals surface area (Å²) in [5.41, 5.74) is 4.92. The monoisotopic (exact) mass is 408 g/mol. The van der Waals surface area contributed by atoms with Gasteiger partial charge >= 0.3 is 0 Å². The maximum absolute atomic E-state index is 12.3. The third-order valence-electron chi connectivity index (χ3n) is 7.15. The van der Waals surface area contributed by atoms with E-state index in [1.807, 2.05) is 24.3 Å². The maximum Gasteiger partial charge on any atom is 0.180 e. The summed E-state index contributed by atoms with van der Waals surface area (Å²) in [6.45, 7) is 0. The number of hydrogen-bond donors (Lipinski definition) is 1. The molecule has 1 N–H and O–H groups in total. The van der Waals surface area contributed by atoms with Crippen LogP contribution < -0.4 is 0 Å². The van der Waals surface area contributed by atoms with Crippen molar-refractivity contribution in [2.75, 3.05) is 0 Å². The number of carbonyl (C=O) groups excluding carboxylic acids is 1.